The summed E-state index contributed by atoms with van der Waals surface area (Å²) < 4.78 is 2.34. The molecule has 0 unspecified atom stereocenters. The van der Waals surface area contributed by atoms with Crippen molar-refractivity contribution in [1.82, 2.24) is 9.47 Å². The Morgan fingerprint density at radius 3 is 2.94 bits per heavy atom. The molecule has 0 amide bonds. The summed E-state index contributed by atoms with van der Waals surface area (Å²) in [6.07, 6.45) is 0.222. The van der Waals surface area contributed by atoms with Gasteiger partial charge in [-0.2, -0.15) is 0 Å². The van der Waals surface area contributed by atoms with E-state index < -0.39 is 5.97 Å². The van der Waals surface area contributed by atoms with Gasteiger partial charge in [0.1, 0.15) is 0 Å². The number of carboxylic acids is 1. The summed E-state index contributed by atoms with van der Waals surface area (Å²) in [6.45, 7) is 3.36. The van der Waals surface area contributed by atoms with Crippen LogP contribution in [0.3, 0.4) is 0 Å². The Bertz CT molecular complexity index is 588. The van der Waals surface area contributed by atoms with E-state index in [9.17, 15) is 4.79 Å². The molecule has 1 N–H and O–H groups in total. The number of fused-ring (bicyclic) bond motifs is 3. The highest BCUT2D eigenvalue weighted by atomic mass is 16.4. The molecular formula is C14H16N2O2. The summed E-state index contributed by atoms with van der Waals surface area (Å²) in [5.74, 6) is -0.721. The summed E-state index contributed by atoms with van der Waals surface area (Å²) >= 11 is 0. The molecule has 0 radical (unpaired) electrons. The largest absolute Gasteiger partial charge is 0.481 e. The number of hydrogen-bond donors (Lipinski definition) is 1. The standard InChI is InChI=1S/C14H16N2O2/c17-14(18)5-6-15-7-8-16-12(10-15)9-11-3-1-2-4-13(11)16/h1-4,9H,5-8,10H2,(H,17,18). The van der Waals surface area contributed by atoms with Crippen LogP contribution in [-0.2, 0) is 17.9 Å². The molecule has 2 aromatic rings. The molecule has 18 heavy (non-hydrogen) atoms. The molecule has 1 aromatic heterocycles. The molecule has 2 heterocycles. The first-order chi connectivity index (χ1) is 8.74. The number of rotatable bonds is 3. The highest BCUT2D eigenvalue weighted by Crippen LogP contribution is 2.23. The van der Waals surface area contributed by atoms with Crippen molar-refractivity contribution in [2.24, 2.45) is 0 Å². The number of aliphatic carboxylic acids is 1. The number of aromatic nitrogens is 1. The predicted molar refractivity (Wildman–Crippen MR) is 69.5 cm³/mol. The lowest BCUT2D eigenvalue weighted by Gasteiger charge is -2.28. The fourth-order valence-electron chi connectivity index (χ4n) is 2.66. The van der Waals surface area contributed by atoms with Gasteiger partial charge < -0.3 is 9.67 Å². The average Bonchev–Trinajstić information content (AvgIpc) is 2.73. The lowest BCUT2D eigenvalue weighted by molar-refractivity contribution is -0.137. The zero-order valence-corrected chi connectivity index (χ0v) is 10.2. The number of nitrogens with zero attached hydrogens (tertiary/aromatic N) is 2. The minimum atomic E-state index is -0.721. The van der Waals surface area contributed by atoms with Gasteiger partial charge in [-0.25, -0.2) is 0 Å². The molecule has 94 valence electrons. The van der Waals surface area contributed by atoms with Gasteiger partial charge in [0.15, 0.2) is 0 Å². The van der Waals surface area contributed by atoms with Crippen molar-refractivity contribution in [2.45, 2.75) is 19.5 Å². The monoisotopic (exact) mass is 244 g/mol. The van der Waals surface area contributed by atoms with Crippen LogP contribution in [-0.4, -0.2) is 33.6 Å². The minimum absolute atomic E-state index is 0.222. The van der Waals surface area contributed by atoms with E-state index in [1.165, 1.54) is 16.6 Å². The van der Waals surface area contributed by atoms with Crippen molar-refractivity contribution in [3.8, 4) is 0 Å². The first-order valence-corrected chi connectivity index (χ1v) is 6.25. The molecule has 0 fully saturated rings. The minimum Gasteiger partial charge on any atom is -0.481 e. The van der Waals surface area contributed by atoms with Crippen LogP contribution in [0.2, 0.25) is 0 Å². The summed E-state index contributed by atoms with van der Waals surface area (Å²) in [6, 6.07) is 10.6. The topological polar surface area (TPSA) is 45.5 Å². The Morgan fingerprint density at radius 2 is 2.11 bits per heavy atom. The summed E-state index contributed by atoms with van der Waals surface area (Å²) in [7, 11) is 0. The van der Waals surface area contributed by atoms with Gasteiger partial charge >= 0.3 is 5.97 Å². The van der Waals surface area contributed by atoms with E-state index in [4.69, 9.17) is 5.11 Å². The molecule has 1 aliphatic heterocycles. The molecule has 3 rings (SSSR count). The van der Waals surface area contributed by atoms with Crippen molar-refractivity contribution >= 4 is 16.9 Å². The fraction of sp³-hybridized carbons (Fsp3) is 0.357. The van der Waals surface area contributed by atoms with Crippen LogP contribution in [0.1, 0.15) is 12.1 Å². The molecular weight excluding hydrogens is 228 g/mol. The highest BCUT2D eigenvalue weighted by Gasteiger charge is 2.18. The van der Waals surface area contributed by atoms with E-state index in [2.05, 4.69) is 39.8 Å². The van der Waals surface area contributed by atoms with Gasteiger partial charge in [-0.05, 0) is 17.5 Å². The van der Waals surface area contributed by atoms with Gasteiger partial charge in [-0.1, -0.05) is 18.2 Å². The third kappa shape index (κ3) is 1.99. The van der Waals surface area contributed by atoms with E-state index >= 15 is 0 Å². The second-order valence-electron chi connectivity index (χ2n) is 4.77. The van der Waals surface area contributed by atoms with Crippen LogP contribution in [0.4, 0.5) is 0 Å². The van der Waals surface area contributed by atoms with Gasteiger partial charge in [0.05, 0.1) is 6.42 Å². The first kappa shape index (κ1) is 11.3. The Morgan fingerprint density at radius 1 is 1.28 bits per heavy atom. The summed E-state index contributed by atoms with van der Waals surface area (Å²) in [4.78, 5) is 12.8. The zero-order chi connectivity index (χ0) is 12.5. The molecule has 4 nitrogen and oxygen atoms in total. The lowest BCUT2D eigenvalue weighted by Crippen LogP contribution is -2.34. The molecule has 0 atom stereocenters. The molecule has 0 spiro atoms. The van der Waals surface area contributed by atoms with E-state index in [0.717, 1.165) is 19.6 Å². The smallest absolute Gasteiger partial charge is 0.304 e. The number of hydrogen-bond acceptors (Lipinski definition) is 2. The molecule has 1 aliphatic rings. The number of para-hydroxylation sites is 1. The number of carboxylic acid groups (broad SMARTS) is 1. The Balaban J connectivity index is 1.82. The van der Waals surface area contributed by atoms with Crippen LogP contribution < -0.4 is 0 Å². The molecule has 0 bridgehead atoms. The predicted octanol–water partition coefficient (Wildman–Crippen LogP) is 1.93. The third-order valence-corrected chi connectivity index (χ3v) is 3.56. The maximum absolute atomic E-state index is 10.6. The fourth-order valence-corrected chi connectivity index (χ4v) is 2.66. The van der Waals surface area contributed by atoms with Crippen LogP contribution in [0.15, 0.2) is 30.3 Å². The highest BCUT2D eigenvalue weighted by molar-refractivity contribution is 5.81. The Kier molecular flexibility index (Phi) is 2.80. The van der Waals surface area contributed by atoms with Gasteiger partial charge in [-0.3, -0.25) is 9.69 Å². The van der Waals surface area contributed by atoms with Gasteiger partial charge in [0.2, 0.25) is 0 Å². The van der Waals surface area contributed by atoms with Gasteiger partial charge in [0, 0.05) is 37.4 Å². The van der Waals surface area contributed by atoms with Crippen LogP contribution in [0.5, 0.6) is 0 Å². The Labute approximate surface area is 105 Å². The maximum Gasteiger partial charge on any atom is 0.304 e. The first-order valence-electron chi connectivity index (χ1n) is 6.25. The Hall–Kier alpha value is -1.81. The van der Waals surface area contributed by atoms with Crippen LogP contribution in [0.25, 0.3) is 10.9 Å². The summed E-state index contributed by atoms with van der Waals surface area (Å²) in [5.41, 5.74) is 2.57. The van der Waals surface area contributed by atoms with E-state index in [-0.39, 0.29) is 6.42 Å². The van der Waals surface area contributed by atoms with Crippen molar-refractivity contribution in [3.05, 3.63) is 36.0 Å². The molecule has 1 aromatic carbocycles. The lowest BCUT2D eigenvalue weighted by atomic mass is 10.2. The van der Waals surface area contributed by atoms with Crippen molar-refractivity contribution in [1.29, 1.82) is 0 Å². The summed E-state index contributed by atoms with van der Waals surface area (Å²) in [5, 5.41) is 9.99. The average molecular weight is 244 g/mol. The second kappa shape index (κ2) is 4.46. The molecule has 0 aliphatic carbocycles. The molecule has 0 saturated heterocycles. The quantitative estimate of drug-likeness (QED) is 0.897. The molecule has 4 heteroatoms. The van der Waals surface area contributed by atoms with Gasteiger partial charge in [0.25, 0.3) is 0 Å². The van der Waals surface area contributed by atoms with Crippen molar-refractivity contribution in [3.63, 3.8) is 0 Å². The third-order valence-electron chi connectivity index (χ3n) is 3.56. The maximum atomic E-state index is 10.6. The van der Waals surface area contributed by atoms with E-state index in [0.29, 0.717) is 6.54 Å². The number of benzene rings is 1. The van der Waals surface area contributed by atoms with Crippen molar-refractivity contribution in [2.75, 3.05) is 13.1 Å². The van der Waals surface area contributed by atoms with E-state index in [1.54, 1.807) is 0 Å². The normalized spacial score (nSPS) is 15.8. The van der Waals surface area contributed by atoms with Crippen LogP contribution in [0, 0.1) is 0 Å². The number of carbonyl (C=O) groups is 1. The molecule has 0 saturated carbocycles. The van der Waals surface area contributed by atoms with Crippen molar-refractivity contribution < 1.29 is 9.90 Å². The second-order valence-corrected chi connectivity index (χ2v) is 4.77. The van der Waals surface area contributed by atoms with Gasteiger partial charge in [-0.15, -0.1) is 0 Å². The zero-order valence-electron chi connectivity index (χ0n) is 10.2. The van der Waals surface area contributed by atoms with Crippen LogP contribution >= 0.6 is 0 Å². The SMILES string of the molecule is O=C(O)CCN1CCn2c(cc3ccccc32)C1. The van der Waals surface area contributed by atoms with E-state index in [1.807, 2.05) is 0 Å².